The lowest BCUT2D eigenvalue weighted by Crippen LogP contribution is -2.18. The van der Waals surface area contributed by atoms with Gasteiger partial charge in [0, 0.05) is 18.9 Å². The lowest BCUT2D eigenvalue weighted by Gasteiger charge is -2.15. The average Bonchev–Trinajstić information content (AvgIpc) is 2.59. The zero-order valence-electron chi connectivity index (χ0n) is 7.08. The summed E-state index contributed by atoms with van der Waals surface area (Å²) < 4.78 is 5.42. The van der Waals surface area contributed by atoms with Gasteiger partial charge < -0.3 is 4.74 Å². The van der Waals surface area contributed by atoms with Gasteiger partial charge in [0.15, 0.2) is 0 Å². The third-order valence-corrected chi connectivity index (χ3v) is 2.79. The summed E-state index contributed by atoms with van der Waals surface area (Å²) in [5.74, 6) is 1.16. The van der Waals surface area contributed by atoms with Crippen LogP contribution in [0.3, 0.4) is 0 Å². The van der Waals surface area contributed by atoms with E-state index < -0.39 is 0 Å². The number of hydrogen-bond donors (Lipinski definition) is 0. The first-order chi connectivity index (χ1) is 5.36. The fourth-order valence-electron chi connectivity index (χ4n) is 2.21. The quantitative estimate of drug-likeness (QED) is 0.548. The molecule has 2 aliphatic carbocycles. The standard InChI is InChI=1S/C10H14O/c1-3-7-6-8-4-5-9(7)10(8)11-2/h4-6,8-10H,3H2,1-2H3/t8-,9+,10+/m1/s1. The first kappa shape index (κ1) is 7.11. The molecule has 0 aliphatic heterocycles. The fourth-order valence-corrected chi connectivity index (χ4v) is 2.21. The second-order valence-electron chi connectivity index (χ2n) is 3.28. The van der Waals surface area contributed by atoms with E-state index in [0.717, 1.165) is 0 Å². The van der Waals surface area contributed by atoms with Crippen LogP contribution in [0.2, 0.25) is 0 Å². The summed E-state index contributed by atoms with van der Waals surface area (Å²) in [6.45, 7) is 2.22. The van der Waals surface area contributed by atoms with Crippen molar-refractivity contribution in [2.45, 2.75) is 19.4 Å². The molecule has 0 radical (unpaired) electrons. The molecule has 60 valence electrons. The van der Waals surface area contributed by atoms with Gasteiger partial charge in [-0.3, -0.25) is 0 Å². The highest BCUT2D eigenvalue weighted by Crippen LogP contribution is 2.41. The Morgan fingerprint density at radius 1 is 1.45 bits per heavy atom. The van der Waals surface area contributed by atoms with Gasteiger partial charge in [-0.1, -0.05) is 30.7 Å². The van der Waals surface area contributed by atoms with Crippen molar-refractivity contribution >= 4 is 0 Å². The van der Waals surface area contributed by atoms with Gasteiger partial charge in [-0.05, 0) is 6.42 Å². The van der Waals surface area contributed by atoms with E-state index in [1.807, 2.05) is 7.11 Å². The maximum absolute atomic E-state index is 5.42. The van der Waals surface area contributed by atoms with Crippen LogP contribution in [0.1, 0.15) is 13.3 Å². The molecule has 2 bridgehead atoms. The summed E-state index contributed by atoms with van der Waals surface area (Å²) in [7, 11) is 1.81. The maximum atomic E-state index is 5.42. The van der Waals surface area contributed by atoms with E-state index in [0.29, 0.717) is 17.9 Å². The zero-order valence-corrected chi connectivity index (χ0v) is 7.08. The van der Waals surface area contributed by atoms with Crippen LogP contribution in [-0.4, -0.2) is 13.2 Å². The molecule has 0 unspecified atom stereocenters. The van der Waals surface area contributed by atoms with Gasteiger partial charge in [0.2, 0.25) is 0 Å². The topological polar surface area (TPSA) is 9.23 Å². The first-order valence-corrected chi connectivity index (χ1v) is 4.28. The highest BCUT2D eigenvalue weighted by Gasteiger charge is 2.37. The van der Waals surface area contributed by atoms with Crippen molar-refractivity contribution in [1.29, 1.82) is 0 Å². The van der Waals surface area contributed by atoms with E-state index in [-0.39, 0.29) is 0 Å². The third-order valence-electron chi connectivity index (χ3n) is 2.79. The van der Waals surface area contributed by atoms with Gasteiger partial charge in [-0.2, -0.15) is 0 Å². The highest BCUT2D eigenvalue weighted by atomic mass is 16.5. The minimum absolute atomic E-state index is 0.421. The van der Waals surface area contributed by atoms with Crippen LogP contribution in [0.15, 0.2) is 23.8 Å². The Morgan fingerprint density at radius 3 is 2.73 bits per heavy atom. The summed E-state index contributed by atoms with van der Waals surface area (Å²) in [6.07, 6.45) is 8.50. The lowest BCUT2D eigenvalue weighted by molar-refractivity contribution is 0.0777. The van der Waals surface area contributed by atoms with Crippen LogP contribution in [0.25, 0.3) is 0 Å². The van der Waals surface area contributed by atoms with Crippen molar-refractivity contribution in [3.63, 3.8) is 0 Å². The summed E-state index contributed by atoms with van der Waals surface area (Å²) in [5.41, 5.74) is 1.56. The molecule has 2 rings (SSSR count). The van der Waals surface area contributed by atoms with Crippen LogP contribution >= 0.6 is 0 Å². The number of rotatable bonds is 2. The largest absolute Gasteiger partial charge is 0.380 e. The van der Waals surface area contributed by atoms with Crippen molar-refractivity contribution in [3.05, 3.63) is 23.8 Å². The number of hydrogen-bond acceptors (Lipinski definition) is 1. The molecule has 11 heavy (non-hydrogen) atoms. The van der Waals surface area contributed by atoms with Crippen molar-refractivity contribution in [1.82, 2.24) is 0 Å². The Bertz CT molecular complexity index is 215. The Morgan fingerprint density at radius 2 is 2.27 bits per heavy atom. The molecule has 0 amide bonds. The molecule has 0 aromatic heterocycles. The average molecular weight is 150 g/mol. The van der Waals surface area contributed by atoms with E-state index in [1.54, 1.807) is 5.57 Å². The molecule has 0 spiro atoms. The van der Waals surface area contributed by atoms with Crippen LogP contribution in [0.4, 0.5) is 0 Å². The molecule has 0 saturated carbocycles. The Kier molecular flexibility index (Phi) is 1.61. The SMILES string of the molecule is CCC1=C[C@H]2C=C[C@@H]1[C@H]2OC. The summed E-state index contributed by atoms with van der Waals surface area (Å²) in [6, 6.07) is 0. The van der Waals surface area contributed by atoms with Crippen molar-refractivity contribution in [3.8, 4) is 0 Å². The van der Waals surface area contributed by atoms with E-state index in [4.69, 9.17) is 4.74 Å². The van der Waals surface area contributed by atoms with Crippen molar-refractivity contribution in [2.24, 2.45) is 11.8 Å². The van der Waals surface area contributed by atoms with Gasteiger partial charge in [-0.25, -0.2) is 0 Å². The summed E-state index contributed by atoms with van der Waals surface area (Å²) in [5, 5.41) is 0. The maximum Gasteiger partial charge on any atom is 0.0768 e. The smallest absolute Gasteiger partial charge is 0.0768 e. The molecule has 0 aromatic carbocycles. The molecule has 0 heterocycles. The fraction of sp³-hybridized carbons (Fsp3) is 0.600. The van der Waals surface area contributed by atoms with E-state index in [1.165, 1.54) is 6.42 Å². The molecule has 1 heteroatoms. The summed E-state index contributed by atoms with van der Waals surface area (Å²) >= 11 is 0. The first-order valence-electron chi connectivity index (χ1n) is 4.28. The molecule has 2 aliphatic rings. The minimum atomic E-state index is 0.421. The number of fused-ring (bicyclic) bond motifs is 2. The van der Waals surface area contributed by atoms with E-state index >= 15 is 0 Å². The van der Waals surface area contributed by atoms with Crippen LogP contribution < -0.4 is 0 Å². The van der Waals surface area contributed by atoms with Crippen LogP contribution in [0, 0.1) is 11.8 Å². The van der Waals surface area contributed by atoms with Crippen molar-refractivity contribution in [2.75, 3.05) is 7.11 Å². The van der Waals surface area contributed by atoms with Gasteiger partial charge in [0.05, 0.1) is 6.10 Å². The molecule has 0 fully saturated rings. The van der Waals surface area contributed by atoms with E-state index in [9.17, 15) is 0 Å². The molecule has 0 N–H and O–H groups in total. The second kappa shape index (κ2) is 2.49. The van der Waals surface area contributed by atoms with Gasteiger partial charge in [-0.15, -0.1) is 0 Å². The predicted molar refractivity (Wildman–Crippen MR) is 45.3 cm³/mol. The van der Waals surface area contributed by atoms with Gasteiger partial charge >= 0.3 is 0 Å². The molecule has 0 saturated heterocycles. The van der Waals surface area contributed by atoms with Crippen LogP contribution in [0.5, 0.6) is 0 Å². The molecule has 3 atom stereocenters. The van der Waals surface area contributed by atoms with Crippen molar-refractivity contribution < 1.29 is 4.74 Å². The predicted octanol–water partition coefficient (Wildman–Crippen LogP) is 2.15. The number of methoxy groups -OCH3 is 1. The number of ether oxygens (including phenoxy) is 1. The second-order valence-corrected chi connectivity index (χ2v) is 3.28. The van der Waals surface area contributed by atoms with E-state index in [2.05, 4.69) is 25.2 Å². The summed E-state index contributed by atoms with van der Waals surface area (Å²) in [4.78, 5) is 0. The molecule has 1 nitrogen and oxygen atoms in total. The minimum Gasteiger partial charge on any atom is -0.380 e. The van der Waals surface area contributed by atoms with Gasteiger partial charge in [0.1, 0.15) is 0 Å². The third kappa shape index (κ3) is 0.875. The highest BCUT2D eigenvalue weighted by molar-refractivity contribution is 5.33. The Hall–Kier alpha value is -0.560. The molecule has 0 aromatic rings. The van der Waals surface area contributed by atoms with Gasteiger partial charge in [0.25, 0.3) is 0 Å². The Balaban J connectivity index is 2.19. The molecular formula is C10H14O. The lowest BCUT2D eigenvalue weighted by atomic mass is 10.00. The van der Waals surface area contributed by atoms with Crippen LogP contribution in [-0.2, 0) is 4.74 Å². The normalized spacial score (nSPS) is 39.8. The Labute approximate surface area is 67.7 Å². The monoisotopic (exact) mass is 150 g/mol. The zero-order chi connectivity index (χ0) is 7.84. The molecular weight excluding hydrogens is 136 g/mol.